The molecule has 0 radical (unpaired) electrons. The number of fused-ring (bicyclic) bond motifs is 2. The van der Waals surface area contributed by atoms with Crippen LogP contribution in [0, 0.1) is 0 Å². The van der Waals surface area contributed by atoms with Crippen LogP contribution in [0.3, 0.4) is 0 Å². The molecule has 1 aliphatic carbocycles. The number of aromatic hydroxyl groups is 1. The summed E-state index contributed by atoms with van der Waals surface area (Å²) in [4.78, 5) is 12.2. The molecule has 126 valence electrons. The van der Waals surface area contributed by atoms with Crippen molar-refractivity contribution in [3.8, 4) is 5.75 Å². The Morgan fingerprint density at radius 1 is 1.12 bits per heavy atom. The minimum absolute atomic E-state index is 0.0484. The number of methoxy groups -OCH3 is 1. The van der Waals surface area contributed by atoms with Crippen LogP contribution >= 0.6 is 0 Å². The third-order valence-corrected chi connectivity index (χ3v) is 5.18. The zero-order valence-corrected chi connectivity index (χ0v) is 14.2. The van der Waals surface area contributed by atoms with Gasteiger partial charge in [0.15, 0.2) is 0 Å². The second-order valence-electron chi connectivity index (χ2n) is 6.54. The van der Waals surface area contributed by atoms with E-state index in [9.17, 15) is 9.90 Å². The summed E-state index contributed by atoms with van der Waals surface area (Å²) in [6, 6.07) is 18.0. The maximum Gasteiger partial charge on any atom is 0.341 e. The smallest absolute Gasteiger partial charge is 0.341 e. The van der Waals surface area contributed by atoms with Gasteiger partial charge >= 0.3 is 5.97 Å². The predicted molar refractivity (Wildman–Crippen MR) is 98.2 cm³/mol. The first-order valence-corrected chi connectivity index (χ1v) is 8.61. The van der Waals surface area contributed by atoms with E-state index in [-0.39, 0.29) is 17.2 Å². The summed E-state index contributed by atoms with van der Waals surface area (Å²) in [6.07, 6.45) is 3.08. The lowest BCUT2D eigenvalue weighted by molar-refractivity contribution is 0.0597. The Bertz CT molecular complexity index is 959. The molecule has 0 saturated carbocycles. The monoisotopic (exact) mass is 332 g/mol. The van der Waals surface area contributed by atoms with Crippen molar-refractivity contribution in [1.29, 1.82) is 0 Å². The Balaban J connectivity index is 2.01. The van der Waals surface area contributed by atoms with E-state index in [1.165, 1.54) is 18.2 Å². The molecule has 0 saturated heterocycles. The second-order valence-corrected chi connectivity index (χ2v) is 6.54. The number of carbonyl (C=O) groups excluding carboxylic acids is 1. The molecule has 1 aliphatic rings. The molecule has 1 atom stereocenters. The van der Waals surface area contributed by atoms with Gasteiger partial charge in [-0.05, 0) is 47.2 Å². The van der Waals surface area contributed by atoms with E-state index in [2.05, 4.69) is 18.2 Å². The van der Waals surface area contributed by atoms with Gasteiger partial charge in [-0.15, -0.1) is 0 Å². The Labute approximate surface area is 146 Å². The van der Waals surface area contributed by atoms with Crippen LogP contribution in [0.2, 0.25) is 0 Å². The van der Waals surface area contributed by atoms with Crippen molar-refractivity contribution in [3.05, 3.63) is 76.9 Å². The fourth-order valence-electron chi connectivity index (χ4n) is 4.04. The lowest BCUT2D eigenvalue weighted by Gasteiger charge is -2.28. The molecule has 0 fully saturated rings. The van der Waals surface area contributed by atoms with Gasteiger partial charge < -0.3 is 9.84 Å². The molecule has 3 nitrogen and oxygen atoms in total. The summed E-state index contributed by atoms with van der Waals surface area (Å²) in [6.45, 7) is 0. The molecular weight excluding hydrogens is 312 g/mol. The highest BCUT2D eigenvalue weighted by Gasteiger charge is 2.28. The maximum absolute atomic E-state index is 12.2. The van der Waals surface area contributed by atoms with Crippen LogP contribution < -0.4 is 0 Å². The Kier molecular flexibility index (Phi) is 3.92. The number of ether oxygens (including phenoxy) is 1. The zero-order chi connectivity index (χ0) is 17.4. The average Bonchev–Trinajstić information content (AvgIpc) is 2.66. The largest absolute Gasteiger partial charge is 0.507 e. The first-order chi connectivity index (χ1) is 12.2. The number of phenols is 1. The highest BCUT2D eigenvalue weighted by molar-refractivity contribution is 6.01. The van der Waals surface area contributed by atoms with E-state index in [0.717, 1.165) is 35.6 Å². The molecule has 0 heterocycles. The first-order valence-electron chi connectivity index (χ1n) is 8.61. The fraction of sp³-hybridized carbons (Fsp3) is 0.227. The Morgan fingerprint density at radius 3 is 2.72 bits per heavy atom. The minimum atomic E-state index is -0.506. The van der Waals surface area contributed by atoms with Crippen molar-refractivity contribution in [3.63, 3.8) is 0 Å². The molecule has 0 aromatic heterocycles. The molecular formula is C22H20O3. The third kappa shape index (κ3) is 2.56. The molecule has 1 unspecified atom stereocenters. The second kappa shape index (κ2) is 6.25. The van der Waals surface area contributed by atoms with Crippen LogP contribution in [0.15, 0.2) is 54.6 Å². The van der Waals surface area contributed by atoms with Crippen LogP contribution in [0.4, 0.5) is 0 Å². The van der Waals surface area contributed by atoms with E-state index in [0.29, 0.717) is 0 Å². The summed E-state index contributed by atoms with van der Waals surface area (Å²) in [5, 5.41) is 12.9. The Hall–Kier alpha value is -2.81. The number of phenolic OH excluding ortho intramolecular Hbond substituents is 1. The van der Waals surface area contributed by atoms with Crippen LogP contribution in [0.25, 0.3) is 10.8 Å². The van der Waals surface area contributed by atoms with Gasteiger partial charge in [0, 0.05) is 11.5 Å². The van der Waals surface area contributed by atoms with Gasteiger partial charge in [0.1, 0.15) is 11.3 Å². The molecule has 1 N–H and O–H groups in total. The summed E-state index contributed by atoms with van der Waals surface area (Å²) in [5.74, 6) is -0.375. The van der Waals surface area contributed by atoms with Crippen LogP contribution in [0.1, 0.15) is 45.8 Å². The van der Waals surface area contributed by atoms with Gasteiger partial charge in [-0.1, -0.05) is 48.5 Å². The van der Waals surface area contributed by atoms with Crippen molar-refractivity contribution < 1.29 is 14.6 Å². The van der Waals surface area contributed by atoms with Crippen LogP contribution in [-0.4, -0.2) is 18.2 Å². The van der Waals surface area contributed by atoms with Crippen molar-refractivity contribution in [2.24, 2.45) is 0 Å². The van der Waals surface area contributed by atoms with E-state index >= 15 is 0 Å². The lowest BCUT2D eigenvalue weighted by atomic mass is 9.76. The van der Waals surface area contributed by atoms with Crippen molar-refractivity contribution in [1.82, 2.24) is 0 Å². The van der Waals surface area contributed by atoms with Crippen LogP contribution in [0.5, 0.6) is 5.75 Å². The van der Waals surface area contributed by atoms with Gasteiger partial charge in [0.05, 0.1) is 7.11 Å². The highest BCUT2D eigenvalue weighted by Crippen LogP contribution is 2.44. The maximum atomic E-state index is 12.2. The average molecular weight is 332 g/mol. The summed E-state index contributed by atoms with van der Waals surface area (Å²) >= 11 is 0. The number of aryl methyl sites for hydroxylation is 1. The standard InChI is InChI=1S/C22H20O3/c1-25-22(24)19-13-15-8-3-5-11-17(15)20(21(19)23)18-12-6-9-14-7-2-4-10-16(14)18/h2-5,7-8,10-11,13,18,23H,6,9,12H2,1H3. The van der Waals surface area contributed by atoms with Crippen molar-refractivity contribution in [2.75, 3.05) is 7.11 Å². The molecule has 0 aliphatic heterocycles. The fourth-order valence-corrected chi connectivity index (χ4v) is 4.04. The quantitative estimate of drug-likeness (QED) is 0.686. The minimum Gasteiger partial charge on any atom is -0.507 e. The third-order valence-electron chi connectivity index (χ3n) is 5.18. The van der Waals surface area contributed by atoms with E-state index < -0.39 is 5.97 Å². The number of carbonyl (C=O) groups is 1. The van der Waals surface area contributed by atoms with Gasteiger partial charge in [0.2, 0.25) is 0 Å². The molecule has 3 aromatic carbocycles. The zero-order valence-electron chi connectivity index (χ0n) is 14.2. The van der Waals surface area contributed by atoms with Gasteiger partial charge in [-0.25, -0.2) is 4.79 Å². The number of esters is 1. The van der Waals surface area contributed by atoms with Gasteiger partial charge in [0.25, 0.3) is 0 Å². The molecule has 0 spiro atoms. The summed E-state index contributed by atoms with van der Waals surface area (Å²) in [7, 11) is 1.34. The normalized spacial score (nSPS) is 16.4. The number of rotatable bonds is 2. The number of hydrogen-bond acceptors (Lipinski definition) is 3. The topological polar surface area (TPSA) is 46.5 Å². The van der Waals surface area contributed by atoms with E-state index in [1.807, 2.05) is 30.3 Å². The Morgan fingerprint density at radius 2 is 1.88 bits per heavy atom. The summed E-state index contributed by atoms with van der Waals surface area (Å²) in [5.41, 5.74) is 3.65. The van der Waals surface area contributed by atoms with Gasteiger partial charge in [-0.2, -0.15) is 0 Å². The molecule has 0 bridgehead atoms. The lowest BCUT2D eigenvalue weighted by Crippen LogP contribution is -2.13. The number of hydrogen-bond donors (Lipinski definition) is 1. The molecule has 3 aromatic rings. The molecule has 3 heteroatoms. The highest BCUT2D eigenvalue weighted by atomic mass is 16.5. The molecule has 0 amide bonds. The SMILES string of the molecule is COC(=O)c1cc2ccccc2c(C2CCCc3ccccc32)c1O. The predicted octanol–water partition coefficient (Wildman–Crippen LogP) is 4.80. The van der Waals surface area contributed by atoms with E-state index in [4.69, 9.17) is 4.74 Å². The molecule has 25 heavy (non-hydrogen) atoms. The van der Waals surface area contributed by atoms with Crippen molar-refractivity contribution in [2.45, 2.75) is 25.2 Å². The van der Waals surface area contributed by atoms with E-state index in [1.54, 1.807) is 6.07 Å². The van der Waals surface area contributed by atoms with Crippen LogP contribution in [-0.2, 0) is 11.2 Å². The summed E-state index contributed by atoms with van der Waals surface area (Å²) < 4.78 is 4.88. The number of benzene rings is 3. The first kappa shape index (κ1) is 15.7. The van der Waals surface area contributed by atoms with Crippen molar-refractivity contribution >= 4 is 16.7 Å². The molecule has 4 rings (SSSR count). The van der Waals surface area contributed by atoms with Gasteiger partial charge in [-0.3, -0.25) is 0 Å².